The van der Waals surface area contributed by atoms with Crippen molar-refractivity contribution in [1.82, 2.24) is 20.4 Å². The molecule has 8 nitrogen and oxygen atoms in total. The minimum absolute atomic E-state index is 0.0153. The number of nitrogens with one attached hydrogen (secondary N) is 2. The summed E-state index contributed by atoms with van der Waals surface area (Å²) in [5.41, 5.74) is 1.18. The van der Waals surface area contributed by atoms with Crippen molar-refractivity contribution < 1.29 is 14.3 Å². The van der Waals surface area contributed by atoms with Crippen LogP contribution in [0.25, 0.3) is 0 Å². The highest BCUT2D eigenvalue weighted by Gasteiger charge is 2.31. The predicted molar refractivity (Wildman–Crippen MR) is 133 cm³/mol. The normalized spacial score (nSPS) is 16.3. The minimum Gasteiger partial charge on any atom is -0.497 e. The molecule has 0 unspecified atom stereocenters. The van der Waals surface area contributed by atoms with Crippen LogP contribution in [0, 0.1) is 0 Å². The molecule has 1 aliphatic rings. The number of hydrogen-bond acceptors (Lipinski definition) is 7. The van der Waals surface area contributed by atoms with Gasteiger partial charge in [-0.2, -0.15) is 0 Å². The molecule has 1 fully saturated rings. The van der Waals surface area contributed by atoms with Crippen molar-refractivity contribution in [3.63, 3.8) is 0 Å². The fourth-order valence-corrected chi connectivity index (χ4v) is 5.04. The van der Waals surface area contributed by atoms with Gasteiger partial charge in [-0.05, 0) is 56.7 Å². The van der Waals surface area contributed by atoms with Gasteiger partial charge in [-0.1, -0.05) is 6.07 Å². The molecule has 180 valence electrons. The number of thiophene rings is 1. The van der Waals surface area contributed by atoms with Crippen LogP contribution in [0.2, 0.25) is 0 Å². The lowest BCUT2D eigenvalue weighted by Crippen LogP contribution is -2.54. The smallest absolute Gasteiger partial charge is 0.309 e. The number of anilines is 1. The Hall–Kier alpha value is -2.62. The molecule has 3 rings (SSSR count). The monoisotopic (exact) mass is 473 g/mol. The van der Waals surface area contributed by atoms with Crippen LogP contribution in [0.5, 0.6) is 5.75 Å². The maximum atomic E-state index is 12.5. The summed E-state index contributed by atoms with van der Waals surface area (Å²) in [6.07, 6.45) is 0. The molecule has 0 bridgehead atoms. The zero-order valence-corrected chi connectivity index (χ0v) is 20.7. The Morgan fingerprint density at radius 3 is 2.36 bits per heavy atom. The number of amides is 2. The van der Waals surface area contributed by atoms with Gasteiger partial charge in [0.25, 0.3) is 0 Å². The Bertz CT molecular complexity index is 880. The van der Waals surface area contributed by atoms with E-state index in [2.05, 4.69) is 44.0 Å². The molecule has 0 spiro atoms. The molecule has 1 aliphatic heterocycles. The van der Waals surface area contributed by atoms with Gasteiger partial charge in [0.05, 0.1) is 13.2 Å². The number of methoxy groups -OCH3 is 1. The zero-order chi connectivity index (χ0) is 23.8. The van der Waals surface area contributed by atoms with Crippen molar-refractivity contribution in [3.8, 4) is 5.75 Å². The van der Waals surface area contributed by atoms with Gasteiger partial charge in [0.15, 0.2) is 0 Å². The third-order valence-corrected chi connectivity index (χ3v) is 6.81. The van der Waals surface area contributed by atoms with Crippen molar-refractivity contribution in [2.75, 3.05) is 65.4 Å². The Kier molecular flexibility index (Phi) is 9.11. The van der Waals surface area contributed by atoms with E-state index in [1.165, 1.54) is 10.6 Å². The van der Waals surface area contributed by atoms with Crippen molar-refractivity contribution in [2.45, 2.75) is 19.0 Å². The molecule has 2 N–H and O–H groups in total. The van der Waals surface area contributed by atoms with E-state index in [4.69, 9.17) is 4.74 Å². The quantitative estimate of drug-likeness (QED) is 0.541. The van der Waals surface area contributed by atoms with Crippen molar-refractivity contribution in [1.29, 1.82) is 0 Å². The van der Waals surface area contributed by atoms with E-state index in [0.717, 1.165) is 31.9 Å². The van der Waals surface area contributed by atoms with E-state index < -0.39 is 11.8 Å². The molecule has 33 heavy (non-hydrogen) atoms. The summed E-state index contributed by atoms with van der Waals surface area (Å²) in [4.78, 5) is 32.6. The van der Waals surface area contributed by atoms with Gasteiger partial charge in [-0.15, -0.1) is 11.3 Å². The van der Waals surface area contributed by atoms with E-state index in [1.807, 2.05) is 44.1 Å². The number of nitrogens with zero attached hydrogens (tertiary/aromatic N) is 3. The number of benzene rings is 1. The number of likely N-dealkylation sites (N-methyl/N-ethyl adjacent to an activating group) is 1. The lowest BCUT2D eigenvalue weighted by atomic mass is 10.0. The number of carbonyl (C=O) groups is 2. The Labute approximate surface area is 200 Å². The molecule has 1 aromatic carbocycles. The van der Waals surface area contributed by atoms with Crippen LogP contribution in [0.4, 0.5) is 5.69 Å². The lowest BCUT2D eigenvalue weighted by Gasteiger charge is -2.42. The van der Waals surface area contributed by atoms with Gasteiger partial charge in [-0.3, -0.25) is 14.5 Å². The second kappa shape index (κ2) is 12.0. The van der Waals surface area contributed by atoms with E-state index in [-0.39, 0.29) is 12.1 Å². The van der Waals surface area contributed by atoms with Crippen LogP contribution in [0.3, 0.4) is 0 Å². The van der Waals surface area contributed by atoms with Crippen LogP contribution in [-0.2, 0) is 9.59 Å². The van der Waals surface area contributed by atoms with Gasteiger partial charge in [0, 0.05) is 55.9 Å². The highest BCUT2D eigenvalue weighted by Crippen LogP contribution is 2.30. The summed E-state index contributed by atoms with van der Waals surface area (Å²) in [5, 5.41) is 7.67. The van der Waals surface area contributed by atoms with E-state index in [9.17, 15) is 9.59 Å². The largest absolute Gasteiger partial charge is 0.497 e. The molecule has 2 heterocycles. The van der Waals surface area contributed by atoms with E-state index in [0.29, 0.717) is 13.1 Å². The summed E-state index contributed by atoms with van der Waals surface area (Å²) >= 11 is 1.68. The molecule has 0 saturated carbocycles. The fraction of sp³-hybridized carbons (Fsp3) is 0.500. The van der Waals surface area contributed by atoms with Gasteiger partial charge < -0.3 is 25.2 Å². The molecular weight excluding hydrogens is 438 g/mol. The van der Waals surface area contributed by atoms with Crippen LogP contribution in [-0.4, -0.2) is 88.1 Å². The molecule has 2 atom stereocenters. The van der Waals surface area contributed by atoms with Gasteiger partial charge in [-0.25, -0.2) is 0 Å². The fourth-order valence-electron chi connectivity index (χ4n) is 4.08. The summed E-state index contributed by atoms with van der Waals surface area (Å²) in [7, 11) is 5.52. The maximum absolute atomic E-state index is 12.5. The van der Waals surface area contributed by atoms with Crippen LogP contribution >= 0.6 is 11.3 Å². The first-order chi connectivity index (χ1) is 15.9. The third-order valence-electron chi connectivity index (χ3n) is 5.86. The first kappa shape index (κ1) is 25.0. The number of carbonyl (C=O) groups excluding carboxylic acids is 2. The summed E-state index contributed by atoms with van der Waals surface area (Å²) in [6.45, 7) is 6.61. The first-order valence-corrected chi connectivity index (χ1v) is 12.2. The summed E-state index contributed by atoms with van der Waals surface area (Å²) < 4.78 is 5.26. The summed E-state index contributed by atoms with van der Waals surface area (Å²) in [5.74, 6) is -0.317. The molecule has 2 amide bonds. The maximum Gasteiger partial charge on any atom is 0.309 e. The third kappa shape index (κ3) is 6.93. The predicted octanol–water partition coefficient (Wildman–Crippen LogP) is 1.80. The average Bonchev–Trinajstić information content (AvgIpc) is 3.33. The average molecular weight is 474 g/mol. The van der Waals surface area contributed by atoms with Gasteiger partial charge in [0.1, 0.15) is 5.75 Å². The Morgan fingerprint density at radius 1 is 1.09 bits per heavy atom. The van der Waals surface area contributed by atoms with Crippen molar-refractivity contribution in [2.24, 2.45) is 0 Å². The highest BCUT2D eigenvalue weighted by molar-refractivity contribution is 7.10. The molecule has 0 radical (unpaired) electrons. The van der Waals surface area contributed by atoms with Crippen LogP contribution < -0.4 is 20.3 Å². The molecule has 1 saturated heterocycles. The Morgan fingerprint density at radius 2 is 1.79 bits per heavy atom. The minimum atomic E-state index is -0.585. The Balaban J connectivity index is 1.61. The standard InChI is InChI=1S/C24H35N5O3S/c1-18(26-24(31)23(30)25-11-12-27(2)3)22(21-6-5-17-33-21)29-15-13-28(14-16-29)19-7-9-20(32-4)10-8-19/h5-10,17-18,22H,11-16H2,1-4H3,(H,25,30)(H,26,31)/t18-,22+/m0/s1. The highest BCUT2D eigenvalue weighted by atomic mass is 32.1. The van der Waals surface area contributed by atoms with Crippen LogP contribution in [0.1, 0.15) is 17.8 Å². The number of piperazine rings is 1. The topological polar surface area (TPSA) is 77.1 Å². The second-order valence-electron chi connectivity index (χ2n) is 8.50. The lowest BCUT2D eigenvalue weighted by molar-refractivity contribution is -0.139. The second-order valence-corrected chi connectivity index (χ2v) is 9.48. The molecule has 0 aliphatic carbocycles. The molecule has 9 heteroatoms. The summed E-state index contributed by atoms with van der Waals surface area (Å²) in [6, 6.07) is 12.1. The van der Waals surface area contributed by atoms with Crippen LogP contribution in [0.15, 0.2) is 41.8 Å². The van der Waals surface area contributed by atoms with Gasteiger partial charge >= 0.3 is 11.8 Å². The molecular formula is C24H35N5O3S. The first-order valence-electron chi connectivity index (χ1n) is 11.3. The van der Waals surface area contributed by atoms with E-state index >= 15 is 0 Å². The number of hydrogen-bond donors (Lipinski definition) is 2. The van der Waals surface area contributed by atoms with E-state index in [1.54, 1.807) is 18.4 Å². The SMILES string of the molecule is COc1ccc(N2CCN([C@@H](c3cccs3)[C@H](C)NC(=O)C(=O)NCCN(C)C)CC2)cc1. The van der Waals surface area contributed by atoms with Crippen molar-refractivity contribution >= 4 is 28.8 Å². The van der Waals surface area contributed by atoms with Crippen molar-refractivity contribution in [3.05, 3.63) is 46.7 Å². The number of rotatable bonds is 9. The van der Waals surface area contributed by atoms with Gasteiger partial charge in [0.2, 0.25) is 0 Å². The molecule has 1 aromatic heterocycles. The number of ether oxygens (including phenoxy) is 1. The zero-order valence-electron chi connectivity index (χ0n) is 19.9. The molecule has 2 aromatic rings.